The molecule has 0 radical (unpaired) electrons. The van der Waals surface area contributed by atoms with Gasteiger partial charge in [0.1, 0.15) is 0 Å². The molecule has 1 saturated heterocycles. The Bertz CT molecular complexity index is 533. The van der Waals surface area contributed by atoms with Gasteiger partial charge in [-0.05, 0) is 26.7 Å². The molecule has 0 amide bonds. The van der Waals surface area contributed by atoms with E-state index in [1.807, 2.05) is 0 Å². The van der Waals surface area contributed by atoms with Crippen LogP contribution in [0, 0.1) is 0 Å². The summed E-state index contributed by atoms with van der Waals surface area (Å²) in [6.07, 6.45) is 2.24. The first kappa shape index (κ1) is 21.6. The lowest BCUT2D eigenvalue weighted by Gasteiger charge is -2.24. The molecule has 1 fully saturated rings. The fourth-order valence-electron chi connectivity index (χ4n) is 2.47. The van der Waals surface area contributed by atoms with Crippen LogP contribution >= 0.6 is 35.3 Å². The minimum atomic E-state index is -0.0732. The van der Waals surface area contributed by atoms with Gasteiger partial charge in [0.15, 0.2) is 5.96 Å². The number of ether oxygens (including phenoxy) is 1. The molecular weight excluding hydrogens is 435 g/mol. The van der Waals surface area contributed by atoms with Crippen LogP contribution in [0.1, 0.15) is 58.2 Å². The van der Waals surface area contributed by atoms with Gasteiger partial charge < -0.3 is 15.4 Å². The fourth-order valence-corrected chi connectivity index (χ4v) is 3.37. The van der Waals surface area contributed by atoms with Crippen LogP contribution in [0.5, 0.6) is 0 Å². The van der Waals surface area contributed by atoms with E-state index in [0.717, 1.165) is 49.2 Å². The Kier molecular flexibility index (Phi) is 8.41. The third kappa shape index (κ3) is 6.48. The van der Waals surface area contributed by atoms with E-state index >= 15 is 0 Å². The summed E-state index contributed by atoms with van der Waals surface area (Å²) in [5.74, 6) is 0.828. The Morgan fingerprint density at radius 1 is 1.42 bits per heavy atom. The van der Waals surface area contributed by atoms with E-state index in [4.69, 9.17) is 9.72 Å². The quantitative estimate of drug-likeness (QED) is 0.395. The average Bonchev–Trinajstić information content (AvgIpc) is 3.11. The Labute approximate surface area is 167 Å². The molecule has 1 aliphatic rings. The van der Waals surface area contributed by atoms with E-state index in [-0.39, 0.29) is 35.0 Å². The van der Waals surface area contributed by atoms with Crippen molar-refractivity contribution in [3.8, 4) is 0 Å². The third-order valence-electron chi connectivity index (χ3n) is 3.87. The first-order valence-corrected chi connectivity index (χ1v) is 9.31. The molecule has 138 valence electrons. The molecule has 0 aromatic carbocycles. The van der Waals surface area contributed by atoms with E-state index in [0.29, 0.717) is 6.54 Å². The standard InChI is InChI=1S/C17H30N4OS.HI/c1-6-18-15(20-12-17(5)8-7-9-22-17)19-10-13-11-23-14(21-13)16(2,3)4;/h11H,6-10,12H2,1-5H3,(H2,18,19,20);1H. The highest BCUT2D eigenvalue weighted by atomic mass is 127. The van der Waals surface area contributed by atoms with E-state index in [2.05, 4.69) is 55.6 Å². The molecule has 1 unspecified atom stereocenters. The van der Waals surface area contributed by atoms with E-state index < -0.39 is 0 Å². The van der Waals surface area contributed by atoms with E-state index in [9.17, 15) is 0 Å². The number of halogens is 1. The van der Waals surface area contributed by atoms with Gasteiger partial charge in [-0.15, -0.1) is 35.3 Å². The lowest BCUT2D eigenvalue weighted by molar-refractivity contribution is 0.0243. The maximum Gasteiger partial charge on any atom is 0.191 e. The summed E-state index contributed by atoms with van der Waals surface area (Å²) >= 11 is 1.71. The SMILES string of the molecule is CCNC(=NCc1csc(C(C)(C)C)n1)NCC1(C)CCCO1.I. The topological polar surface area (TPSA) is 58.5 Å². The molecule has 24 heavy (non-hydrogen) atoms. The number of rotatable bonds is 5. The maximum atomic E-state index is 5.82. The van der Waals surface area contributed by atoms with Crippen LogP contribution in [-0.2, 0) is 16.7 Å². The first-order valence-electron chi connectivity index (χ1n) is 8.43. The Balaban J connectivity index is 0.00000288. The molecule has 2 N–H and O–H groups in total. The summed E-state index contributed by atoms with van der Waals surface area (Å²) in [4.78, 5) is 9.35. The van der Waals surface area contributed by atoms with Gasteiger partial charge in [-0.1, -0.05) is 20.8 Å². The lowest BCUT2D eigenvalue weighted by Crippen LogP contribution is -2.45. The highest BCUT2D eigenvalue weighted by Gasteiger charge is 2.29. The predicted octanol–water partition coefficient (Wildman–Crippen LogP) is 3.68. The van der Waals surface area contributed by atoms with Crippen molar-refractivity contribution < 1.29 is 4.74 Å². The van der Waals surface area contributed by atoms with Gasteiger partial charge in [0.25, 0.3) is 0 Å². The van der Waals surface area contributed by atoms with Crippen LogP contribution < -0.4 is 10.6 Å². The second-order valence-corrected chi connectivity index (χ2v) is 8.20. The summed E-state index contributed by atoms with van der Waals surface area (Å²) in [6, 6.07) is 0. The van der Waals surface area contributed by atoms with Gasteiger partial charge in [0.2, 0.25) is 0 Å². The zero-order valence-electron chi connectivity index (χ0n) is 15.4. The molecule has 0 aliphatic carbocycles. The summed E-state index contributed by atoms with van der Waals surface area (Å²) < 4.78 is 5.82. The number of nitrogens with zero attached hydrogens (tertiary/aromatic N) is 2. The molecule has 1 aromatic rings. The number of aliphatic imine (C=N–C) groups is 1. The smallest absolute Gasteiger partial charge is 0.191 e. The van der Waals surface area contributed by atoms with Gasteiger partial charge in [-0.2, -0.15) is 0 Å². The highest BCUT2D eigenvalue weighted by molar-refractivity contribution is 14.0. The third-order valence-corrected chi connectivity index (χ3v) is 5.18. The van der Waals surface area contributed by atoms with Crippen LogP contribution in [0.3, 0.4) is 0 Å². The number of aromatic nitrogens is 1. The Morgan fingerprint density at radius 3 is 2.71 bits per heavy atom. The number of guanidine groups is 1. The van der Waals surface area contributed by atoms with E-state index in [1.54, 1.807) is 11.3 Å². The molecule has 7 heteroatoms. The van der Waals surface area contributed by atoms with Crippen molar-refractivity contribution in [3.63, 3.8) is 0 Å². The van der Waals surface area contributed by atoms with E-state index in [1.165, 1.54) is 0 Å². The zero-order valence-corrected chi connectivity index (χ0v) is 18.6. The summed E-state index contributed by atoms with van der Waals surface area (Å²) in [5, 5.41) is 9.96. The molecule has 0 spiro atoms. The minimum Gasteiger partial charge on any atom is -0.373 e. The number of hydrogen-bond acceptors (Lipinski definition) is 4. The van der Waals surface area contributed by atoms with Crippen molar-refractivity contribution in [2.24, 2.45) is 4.99 Å². The van der Waals surface area contributed by atoms with Crippen LogP contribution in [0.15, 0.2) is 10.4 Å². The number of nitrogens with one attached hydrogen (secondary N) is 2. The molecule has 2 rings (SSSR count). The van der Waals surface area contributed by atoms with Crippen molar-refractivity contribution in [2.75, 3.05) is 19.7 Å². The van der Waals surface area contributed by atoms with Crippen molar-refractivity contribution in [3.05, 3.63) is 16.1 Å². The first-order chi connectivity index (χ1) is 10.8. The number of thiazole rings is 1. The van der Waals surface area contributed by atoms with Crippen molar-refractivity contribution in [2.45, 2.75) is 65.0 Å². The molecule has 5 nitrogen and oxygen atoms in total. The van der Waals surface area contributed by atoms with Crippen molar-refractivity contribution in [1.82, 2.24) is 15.6 Å². The number of hydrogen-bond donors (Lipinski definition) is 2. The molecule has 1 atom stereocenters. The molecule has 0 bridgehead atoms. The Morgan fingerprint density at radius 2 is 2.17 bits per heavy atom. The molecule has 0 saturated carbocycles. The fraction of sp³-hybridized carbons (Fsp3) is 0.765. The largest absolute Gasteiger partial charge is 0.373 e. The molecule has 1 aliphatic heterocycles. The molecule has 2 heterocycles. The molecule has 1 aromatic heterocycles. The van der Waals surface area contributed by atoms with Gasteiger partial charge in [0, 0.05) is 30.5 Å². The van der Waals surface area contributed by atoms with Crippen molar-refractivity contribution in [1.29, 1.82) is 0 Å². The van der Waals surface area contributed by atoms with Crippen LogP contribution in [0.2, 0.25) is 0 Å². The van der Waals surface area contributed by atoms with Crippen LogP contribution in [-0.4, -0.2) is 36.2 Å². The summed E-state index contributed by atoms with van der Waals surface area (Å²) in [5.41, 5.74) is 1.06. The summed E-state index contributed by atoms with van der Waals surface area (Å²) in [6.45, 7) is 13.9. The van der Waals surface area contributed by atoms with Crippen molar-refractivity contribution >= 4 is 41.3 Å². The van der Waals surface area contributed by atoms with Gasteiger partial charge in [-0.3, -0.25) is 0 Å². The summed E-state index contributed by atoms with van der Waals surface area (Å²) in [7, 11) is 0. The highest BCUT2D eigenvalue weighted by Crippen LogP contribution is 2.26. The van der Waals surface area contributed by atoms with Gasteiger partial charge in [0.05, 0.1) is 22.8 Å². The average molecular weight is 466 g/mol. The van der Waals surface area contributed by atoms with Gasteiger partial charge in [-0.25, -0.2) is 9.98 Å². The second kappa shape index (κ2) is 9.33. The van der Waals surface area contributed by atoms with Crippen LogP contribution in [0.4, 0.5) is 0 Å². The predicted molar refractivity (Wildman–Crippen MR) is 113 cm³/mol. The monoisotopic (exact) mass is 466 g/mol. The van der Waals surface area contributed by atoms with Gasteiger partial charge >= 0.3 is 0 Å². The lowest BCUT2D eigenvalue weighted by atomic mass is 9.98. The second-order valence-electron chi connectivity index (χ2n) is 7.34. The normalized spacial score (nSPS) is 21.5. The maximum absolute atomic E-state index is 5.82. The minimum absolute atomic E-state index is 0. The zero-order chi connectivity index (χ0) is 16.9. The Hall–Kier alpha value is -0.410. The van der Waals surface area contributed by atoms with Crippen LogP contribution in [0.25, 0.3) is 0 Å². The molecular formula is C17H31IN4OS.